The van der Waals surface area contributed by atoms with Gasteiger partial charge < -0.3 is 10.1 Å². The van der Waals surface area contributed by atoms with Crippen LogP contribution in [0.3, 0.4) is 0 Å². The van der Waals surface area contributed by atoms with E-state index >= 15 is 0 Å². The fourth-order valence-electron chi connectivity index (χ4n) is 5.68. The number of amides is 1. The molecule has 0 radical (unpaired) electrons. The van der Waals surface area contributed by atoms with Gasteiger partial charge in [0.05, 0.1) is 29.4 Å². The fourth-order valence-corrected chi connectivity index (χ4v) is 5.68. The highest BCUT2D eigenvalue weighted by Crippen LogP contribution is 2.58. The Bertz CT molecular complexity index is 1040. The Morgan fingerprint density at radius 1 is 1.16 bits per heavy atom. The van der Waals surface area contributed by atoms with Crippen LogP contribution < -0.4 is 10.6 Å². The Hall–Kier alpha value is -2.38. The molecule has 5 atom stereocenters. The standard InChI is InChI=1S/C25H27F3N2O2/c1-15-10-17(12-19(11-15)25(26,27)28)16(2)32-14-23(18-6-4-3-5-7-18)8-9-24-20(22(24)30-23)13-21(31)29-24/h3-7,10-12,16,20,22,30H,8-9,13-14H2,1-2H3,(H,29,31)/t16-,20?,22?,23-,24+/m1/s1. The molecule has 5 rings (SSSR count). The van der Waals surface area contributed by atoms with Crippen LogP contribution in [0.2, 0.25) is 0 Å². The first-order valence-electron chi connectivity index (χ1n) is 11.1. The van der Waals surface area contributed by atoms with Crippen molar-refractivity contribution in [3.8, 4) is 0 Å². The summed E-state index contributed by atoms with van der Waals surface area (Å²) >= 11 is 0. The van der Waals surface area contributed by atoms with E-state index in [1.807, 2.05) is 18.2 Å². The van der Waals surface area contributed by atoms with Gasteiger partial charge in [-0.15, -0.1) is 0 Å². The molecule has 1 amide bonds. The van der Waals surface area contributed by atoms with E-state index in [1.165, 1.54) is 6.07 Å². The predicted octanol–water partition coefficient (Wildman–Crippen LogP) is 4.63. The van der Waals surface area contributed by atoms with E-state index in [0.29, 0.717) is 30.1 Å². The number of rotatable bonds is 5. The Balaban J connectivity index is 1.37. The van der Waals surface area contributed by atoms with Crippen LogP contribution in [0.15, 0.2) is 48.5 Å². The molecule has 3 aliphatic rings. The minimum absolute atomic E-state index is 0.116. The number of piperidine rings is 2. The van der Waals surface area contributed by atoms with E-state index in [1.54, 1.807) is 19.9 Å². The number of benzene rings is 2. The van der Waals surface area contributed by atoms with E-state index < -0.39 is 23.4 Å². The molecule has 2 aromatic carbocycles. The quantitative estimate of drug-likeness (QED) is 0.707. The van der Waals surface area contributed by atoms with Crippen LogP contribution in [-0.4, -0.2) is 24.1 Å². The Kier molecular flexibility index (Phi) is 4.91. The van der Waals surface area contributed by atoms with Gasteiger partial charge in [0, 0.05) is 18.4 Å². The van der Waals surface area contributed by atoms with Gasteiger partial charge in [-0.3, -0.25) is 10.1 Å². The Morgan fingerprint density at radius 2 is 1.91 bits per heavy atom. The number of carbonyl (C=O) groups is 1. The molecule has 7 heteroatoms. The van der Waals surface area contributed by atoms with E-state index in [-0.39, 0.29) is 17.5 Å². The molecule has 3 fully saturated rings. The molecule has 2 N–H and O–H groups in total. The maximum absolute atomic E-state index is 13.3. The number of hydrogen-bond acceptors (Lipinski definition) is 3. The SMILES string of the molecule is Cc1cc([C@@H](C)OC[C@@]2(c3ccccc3)CC[C@]34NC(=O)CC3C4N2)cc(C(F)(F)F)c1. The van der Waals surface area contributed by atoms with E-state index in [2.05, 4.69) is 22.8 Å². The second kappa shape index (κ2) is 7.32. The summed E-state index contributed by atoms with van der Waals surface area (Å²) in [5, 5.41) is 6.93. The molecule has 4 nitrogen and oxygen atoms in total. The van der Waals surface area contributed by atoms with Gasteiger partial charge in [0.1, 0.15) is 0 Å². The summed E-state index contributed by atoms with van der Waals surface area (Å²) in [5.41, 5.74) is 0.931. The second-order valence-corrected chi connectivity index (χ2v) is 9.55. The maximum Gasteiger partial charge on any atom is 0.416 e. The molecular formula is C25H27F3N2O2. The normalized spacial score (nSPS) is 32.1. The van der Waals surface area contributed by atoms with Crippen molar-refractivity contribution in [2.45, 2.75) is 62.5 Å². The molecule has 2 aliphatic heterocycles. The first-order chi connectivity index (χ1) is 15.1. The summed E-state index contributed by atoms with van der Waals surface area (Å²) in [4.78, 5) is 11.8. The molecule has 2 saturated heterocycles. The molecular weight excluding hydrogens is 417 g/mol. The van der Waals surface area contributed by atoms with E-state index in [0.717, 1.165) is 24.5 Å². The third-order valence-corrected chi connectivity index (χ3v) is 7.49. The van der Waals surface area contributed by atoms with Gasteiger partial charge >= 0.3 is 6.18 Å². The number of nitrogens with one attached hydrogen (secondary N) is 2. The largest absolute Gasteiger partial charge is 0.416 e. The van der Waals surface area contributed by atoms with Crippen LogP contribution >= 0.6 is 0 Å². The molecule has 2 unspecified atom stereocenters. The summed E-state index contributed by atoms with van der Waals surface area (Å²) < 4.78 is 46.1. The van der Waals surface area contributed by atoms with Crippen molar-refractivity contribution in [2.75, 3.05) is 6.61 Å². The lowest BCUT2D eigenvalue weighted by atomic mass is 9.81. The third-order valence-electron chi connectivity index (χ3n) is 7.49. The van der Waals surface area contributed by atoms with E-state index in [9.17, 15) is 18.0 Å². The molecule has 2 aromatic rings. The van der Waals surface area contributed by atoms with Gasteiger partial charge in [0.2, 0.25) is 5.91 Å². The van der Waals surface area contributed by atoms with Crippen LogP contribution in [0.5, 0.6) is 0 Å². The van der Waals surface area contributed by atoms with Gasteiger partial charge in [-0.2, -0.15) is 13.2 Å². The molecule has 170 valence electrons. The zero-order valence-electron chi connectivity index (χ0n) is 18.1. The summed E-state index contributed by atoms with van der Waals surface area (Å²) in [6, 6.07) is 14.3. The summed E-state index contributed by atoms with van der Waals surface area (Å²) in [7, 11) is 0. The predicted molar refractivity (Wildman–Crippen MR) is 114 cm³/mol. The monoisotopic (exact) mass is 444 g/mol. The minimum Gasteiger partial charge on any atom is -0.372 e. The van der Waals surface area contributed by atoms with Crippen molar-refractivity contribution in [2.24, 2.45) is 5.92 Å². The van der Waals surface area contributed by atoms with Crippen molar-refractivity contribution in [1.82, 2.24) is 10.6 Å². The molecule has 0 bridgehead atoms. The first-order valence-corrected chi connectivity index (χ1v) is 11.1. The zero-order chi connectivity index (χ0) is 22.7. The van der Waals surface area contributed by atoms with Gasteiger partial charge in [0.25, 0.3) is 0 Å². The van der Waals surface area contributed by atoms with Crippen molar-refractivity contribution in [3.05, 3.63) is 70.8 Å². The fraction of sp³-hybridized carbons (Fsp3) is 0.480. The highest BCUT2D eigenvalue weighted by molar-refractivity contribution is 5.83. The molecule has 2 heterocycles. The molecule has 1 saturated carbocycles. The van der Waals surface area contributed by atoms with Crippen LogP contribution in [0.1, 0.15) is 54.5 Å². The lowest BCUT2D eigenvalue weighted by molar-refractivity contribution is -0.137. The van der Waals surface area contributed by atoms with Gasteiger partial charge in [-0.1, -0.05) is 42.0 Å². The summed E-state index contributed by atoms with van der Waals surface area (Å²) in [6.45, 7) is 3.80. The lowest BCUT2D eigenvalue weighted by Gasteiger charge is -2.42. The highest BCUT2D eigenvalue weighted by Gasteiger charge is 2.72. The molecule has 1 aliphatic carbocycles. The number of ether oxygens (including phenoxy) is 1. The van der Waals surface area contributed by atoms with Crippen molar-refractivity contribution in [1.29, 1.82) is 0 Å². The zero-order valence-corrected chi connectivity index (χ0v) is 18.1. The van der Waals surface area contributed by atoms with Crippen LogP contribution in [0, 0.1) is 12.8 Å². The van der Waals surface area contributed by atoms with Crippen LogP contribution in [0.4, 0.5) is 13.2 Å². The summed E-state index contributed by atoms with van der Waals surface area (Å²) in [6.07, 6.45) is -2.70. The number of carbonyl (C=O) groups excluding carboxylic acids is 1. The Labute approximate surface area is 185 Å². The number of hydrogen-bond donors (Lipinski definition) is 2. The third kappa shape index (κ3) is 3.52. The van der Waals surface area contributed by atoms with Gasteiger partial charge in [-0.05, 0) is 49.9 Å². The van der Waals surface area contributed by atoms with Gasteiger partial charge in [-0.25, -0.2) is 0 Å². The number of aryl methyl sites for hydroxylation is 1. The maximum atomic E-state index is 13.3. The molecule has 1 spiro atoms. The van der Waals surface area contributed by atoms with E-state index in [4.69, 9.17) is 4.74 Å². The molecule has 0 aromatic heterocycles. The first kappa shape index (κ1) is 21.5. The van der Waals surface area contributed by atoms with Crippen molar-refractivity contribution < 1.29 is 22.7 Å². The number of alkyl halides is 3. The summed E-state index contributed by atoms with van der Waals surface area (Å²) in [5.74, 6) is 0.411. The lowest BCUT2D eigenvalue weighted by Crippen LogP contribution is -2.57. The van der Waals surface area contributed by atoms with Crippen LogP contribution in [0.25, 0.3) is 0 Å². The van der Waals surface area contributed by atoms with Crippen LogP contribution in [-0.2, 0) is 21.2 Å². The smallest absolute Gasteiger partial charge is 0.372 e. The van der Waals surface area contributed by atoms with Crippen molar-refractivity contribution >= 4 is 5.91 Å². The van der Waals surface area contributed by atoms with Crippen molar-refractivity contribution in [3.63, 3.8) is 0 Å². The minimum atomic E-state index is -4.39. The molecule has 32 heavy (non-hydrogen) atoms. The second-order valence-electron chi connectivity index (χ2n) is 9.55. The topological polar surface area (TPSA) is 50.4 Å². The average molecular weight is 444 g/mol. The average Bonchev–Trinajstić information content (AvgIpc) is 3.20. The van der Waals surface area contributed by atoms with Gasteiger partial charge in [0.15, 0.2) is 0 Å². The Morgan fingerprint density at radius 3 is 2.62 bits per heavy atom. The highest BCUT2D eigenvalue weighted by atomic mass is 19.4. The number of halogens is 3. The number of fused-ring (bicyclic) bond motifs is 1.